The van der Waals surface area contributed by atoms with E-state index in [2.05, 4.69) is 17.6 Å². The van der Waals surface area contributed by atoms with E-state index in [0.717, 1.165) is 17.7 Å². The van der Waals surface area contributed by atoms with E-state index in [9.17, 15) is 0 Å². The molecule has 1 saturated carbocycles. The molecule has 1 fully saturated rings. The van der Waals surface area contributed by atoms with Gasteiger partial charge in [0.2, 0.25) is 0 Å². The summed E-state index contributed by atoms with van der Waals surface area (Å²) in [6.07, 6.45) is 5.27. The van der Waals surface area contributed by atoms with Gasteiger partial charge >= 0.3 is 0 Å². The average Bonchev–Trinajstić information content (AvgIpc) is 2.94. The Balaban J connectivity index is 2.16. The van der Waals surface area contributed by atoms with Crippen LogP contribution >= 0.6 is 0 Å². The van der Waals surface area contributed by atoms with Crippen molar-refractivity contribution in [1.29, 1.82) is 0 Å². The Bertz CT molecular complexity index is 536. The van der Waals surface area contributed by atoms with Gasteiger partial charge in [-0.15, -0.1) is 0 Å². The van der Waals surface area contributed by atoms with Crippen molar-refractivity contribution < 1.29 is 0 Å². The number of anilines is 1. The van der Waals surface area contributed by atoms with E-state index < -0.39 is 0 Å². The number of hydrogen-bond acceptors (Lipinski definition) is 2. The van der Waals surface area contributed by atoms with Crippen LogP contribution in [0.1, 0.15) is 44.3 Å². The van der Waals surface area contributed by atoms with Crippen molar-refractivity contribution in [2.24, 2.45) is 0 Å². The van der Waals surface area contributed by atoms with Crippen molar-refractivity contribution in [2.45, 2.75) is 45.1 Å². The molecule has 3 heteroatoms. The van der Waals surface area contributed by atoms with E-state index in [4.69, 9.17) is 10.7 Å². The van der Waals surface area contributed by atoms with Gasteiger partial charge in [-0.1, -0.05) is 12.8 Å². The summed E-state index contributed by atoms with van der Waals surface area (Å²) < 4.78 is 2.35. The van der Waals surface area contributed by atoms with Gasteiger partial charge in [0, 0.05) is 18.2 Å². The van der Waals surface area contributed by atoms with E-state index in [-0.39, 0.29) is 0 Å². The van der Waals surface area contributed by atoms with Crippen molar-refractivity contribution in [3.63, 3.8) is 0 Å². The summed E-state index contributed by atoms with van der Waals surface area (Å²) in [4.78, 5) is 4.81. The Morgan fingerprint density at radius 3 is 2.82 bits per heavy atom. The zero-order valence-electron chi connectivity index (χ0n) is 10.3. The molecule has 0 saturated heterocycles. The van der Waals surface area contributed by atoms with Crippen molar-refractivity contribution in [3.05, 3.63) is 24.0 Å². The van der Waals surface area contributed by atoms with Crippen molar-refractivity contribution in [1.82, 2.24) is 9.55 Å². The van der Waals surface area contributed by atoms with Gasteiger partial charge < -0.3 is 10.3 Å². The van der Waals surface area contributed by atoms with Crippen LogP contribution in [0, 0.1) is 0 Å². The second-order valence-corrected chi connectivity index (χ2v) is 4.94. The van der Waals surface area contributed by atoms with Gasteiger partial charge in [-0.25, -0.2) is 4.98 Å². The summed E-state index contributed by atoms with van der Waals surface area (Å²) in [6.45, 7) is 3.18. The van der Waals surface area contributed by atoms with E-state index in [1.54, 1.807) is 0 Å². The molecule has 1 heterocycles. The monoisotopic (exact) mass is 229 g/mol. The van der Waals surface area contributed by atoms with Gasteiger partial charge in [-0.3, -0.25) is 0 Å². The maximum Gasteiger partial charge on any atom is 0.112 e. The number of aromatic nitrogens is 2. The molecule has 1 aliphatic carbocycles. The molecule has 0 bridgehead atoms. The van der Waals surface area contributed by atoms with Gasteiger partial charge in [-0.2, -0.15) is 0 Å². The Morgan fingerprint density at radius 2 is 2.12 bits per heavy atom. The van der Waals surface area contributed by atoms with E-state index >= 15 is 0 Å². The molecule has 0 unspecified atom stereocenters. The minimum absolute atomic E-state index is 0.656. The molecule has 2 aromatic rings. The molecule has 0 spiro atoms. The van der Waals surface area contributed by atoms with Gasteiger partial charge in [-0.05, 0) is 38.0 Å². The summed E-state index contributed by atoms with van der Waals surface area (Å²) >= 11 is 0. The first-order valence-corrected chi connectivity index (χ1v) is 6.55. The minimum Gasteiger partial charge on any atom is -0.399 e. The molecule has 0 radical (unpaired) electrons. The summed E-state index contributed by atoms with van der Waals surface area (Å²) in [7, 11) is 0. The first-order valence-electron chi connectivity index (χ1n) is 6.55. The predicted molar refractivity (Wildman–Crippen MR) is 71.0 cm³/mol. The molecular weight excluding hydrogens is 210 g/mol. The lowest BCUT2D eigenvalue weighted by molar-refractivity contribution is 0.609. The molecule has 0 atom stereocenters. The lowest BCUT2D eigenvalue weighted by atomic mass is 10.1. The topological polar surface area (TPSA) is 43.8 Å². The fraction of sp³-hybridized carbons (Fsp3) is 0.500. The largest absolute Gasteiger partial charge is 0.399 e. The molecule has 1 aromatic heterocycles. The van der Waals surface area contributed by atoms with Crippen LogP contribution in [-0.2, 0) is 6.54 Å². The number of hydrogen-bond donors (Lipinski definition) is 1. The van der Waals surface area contributed by atoms with E-state index in [1.807, 2.05) is 12.1 Å². The molecule has 1 aromatic carbocycles. The maximum absolute atomic E-state index is 5.83. The third-order valence-electron chi connectivity index (χ3n) is 3.84. The van der Waals surface area contributed by atoms with Crippen LogP contribution in [0.2, 0.25) is 0 Å². The fourth-order valence-electron chi connectivity index (χ4n) is 2.99. The third-order valence-corrected chi connectivity index (χ3v) is 3.84. The number of rotatable bonds is 2. The maximum atomic E-state index is 5.83. The number of nitrogens with two attached hydrogens (primary N) is 1. The lowest BCUT2D eigenvalue weighted by Crippen LogP contribution is -2.05. The van der Waals surface area contributed by atoms with Crippen LogP contribution in [0.15, 0.2) is 18.2 Å². The first-order chi connectivity index (χ1) is 8.29. The molecule has 0 amide bonds. The highest BCUT2D eigenvalue weighted by molar-refractivity contribution is 5.79. The Hall–Kier alpha value is -1.51. The Labute approximate surface area is 102 Å². The van der Waals surface area contributed by atoms with Gasteiger partial charge in [0.25, 0.3) is 0 Å². The quantitative estimate of drug-likeness (QED) is 0.803. The number of imidazole rings is 1. The summed E-state index contributed by atoms with van der Waals surface area (Å²) in [5.41, 5.74) is 8.91. The molecule has 1 aliphatic rings. The molecule has 0 aliphatic heterocycles. The predicted octanol–water partition coefficient (Wildman–Crippen LogP) is 3.30. The second kappa shape index (κ2) is 4.06. The smallest absolute Gasteiger partial charge is 0.112 e. The number of aryl methyl sites for hydroxylation is 1. The van der Waals surface area contributed by atoms with E-state index in [1.165, 1.54) is 37.0 Å². The number of fused-ring (bicyclic) bond motifs is 1. The highest BCUT2D eigenvalue weighted by Crippen LogP contribution is 2.35. The van der Waals surface area contributed by atoms with Gasteiger partial charge in [0.05, 0.1) is 11.0 Å². The van der Waals surface area contributed by atoms with Crippen LogP contribution in [0.4, 0.5) is 5.69 Å². The minimum atomic E-state index is 0.656. The van der Waals surface area contributed by atoms with Crippen LogP contribution in [0.25, 0.3) is 11.0 Å². The summed E-state index contributed by atoms with van der Waals surface area (Å²) in [6, 6.07) is 6.05. The van der Waals surface area contributed by atoms with Crippen molar-refractivity contribution in [3.8, 4) is 0 Å². The van der Waals surface area contributed by atoms with E-state index in [0.29, 0.717) is 5.92 Å². The van der Waals surface area contributed by atoms with Crippen LogP contribution in [0.3, 0.4) is 0 Å². The first kappa shape index (κ1) is 10.6. The Morgan fingerprint density at radius 1 is 1.35 bits per heavy atom. The SMILES string of the molecule is CCn1c(C2CCCC2)nc2cc(N)ccc21. The normalized spacial score (nSPS) is 17.0. The van der Waals surface area contributed by atoms with Crippen LogP contribution < -0.4 is 5.73 Å². The molecule has 90 valence electrons. The highest BCUT2D eigenvalue weighted by atomic mass is 15.1. The zero-order chi connectivity index (χ0) is 11.8. The standard InChI is InChI=1S/C14H19N3/c1-2-17-13-8-7-11(15)9-12(13)16-14(17)10-5-3-4-6-10/h7-10H,2-6,15H2,1H3. The molecule has 17 heavy (non-hydrogen) atoms. The molecular formula is C14H19N3. The molecule has 3 nitrogen and oxygen atoms in total. The van der Waals surface area contributed by atoms with Gasteiger partial charge in [0.1, 0.15) is 5.82 Å². The Kier molecular flexibility index (Phi) is 2.54. The fourth-order valence-corrected chi connectivity index (χ4v) is 2.99. The van der Waals surface area contributed by atoms with Crippen molar-refractivity contribution >= 4 is 16.7 Å². The number of nitrogen functional groups attached to an aromatic ring is 1. The van der Waals surface area contributed by atoms with Crippen LogP contribution in [0.5, 0.6) is 0 Å². The number of benzene rings is 1. The van der Waals surface area contributed by atoms with Crippen molar-refractivity contribution in [2.75, 3.05) is 5.73 Å². The third kappa shape index (κ3) is 1.70. The van der Waals surface area contributed by atoms with Crippen LogP contribution in [-0.4, -0.2) is 9.55 Å². The summed E-state index contributed by atoms with van der Waals surface area (Å²) in [5, 5.41) is 0. The highest BCUT2D eigenvalue weighted by Gasteiger charge is 2.23. The zero-order valence-corrected chi connectivity index (χ0v) is 10.3. The number of nitrogens with zero attached hydrogens (tertiary/aromatic N) is 2. The second-order valence-electron chi connectivity index (χ2n) is 4.94. The summed E-state index contributed by atoms with van der Waals surface area (Å²) in [5.74, 6) is 1.93. The molecule has 3 rings (SSSR count). The molecule has 2 N–H and O–H groups in total. The van der Waals surface area contributed by atoms with Gasteiger partial charge in [0.15, 0.2) is 0 Å². The lowest BCUT2D eigenvalue weighted by Gasteiger charge is -2.11. The average molecular weight is 229 g/mol.